The maximum Gasteiger partial charge on any atom is 0.160 e. The minimum atomic E-state index is -0.120. The molecule has 0 saturated heterocycles. The zero-order valence-electron chi connectivity index (χ0n) is 41.9. The molecule has 10 aromatic rings. The van der Waals surface area contributed by atoms with Crippen LogP contribution in [-0.4, -0.2) is 0 Å². The van der Waals surface area contributed by atoms with Gasteiger partial charge in [0.05, 0.1) is 11.4 Å². The number of furan rings is 1. The second-order valence-corrected chi connectivity index (χ2v) is 21.6. The summed E-state index contributed by atoms with van der Waals surface area (Å²) >= 11 is 0. The molecule has 0 atom stereocenters. The fourth-order valence-electron chi connectivity index (χ4n) is 10.7. The monoisotopic (exact) mass is 926 g/mol. The Balaban J connectivity index is 1.17. The van der Waals surface area contributed by atoms with Gasteiger partial charge in [-0.15, -0.1) is 0 Å². The van der Waals surface area contributed by atoms with E-state index in [9.17, 15) is 0 Å². The zero-order valence-corrected chi connectivity index (χ0v) is 41.9. The highest BCUT2D eigenvalue weighted by Gasteiger charge is 2.38. The minimum absolute atomic E-state index is 0.0145. The van der Waals surface area contributed by atoms with Gasteiger partial charge < -0.3 is 14.2 Å². The number of rotatable bonds is 10. The van der Waals surface area contributed by atoms with Crippen LogP contribution in [0, 0.1) is 0 Å². The summed E-state index contributed by atoms with van der Waals surface area (Å²) in [5.41, 5.74) is 17.9. The molecule has 0 radical (unpaired) electrons. The molecule has 0 fully saturated rings. The number of hydrogen-bond acceptors (Lipinski definition) is 5. The SMILES string of the molecule is CC(C)(C)c1cc(-c2ccccc2)c(N(c2cccc(N(N)c3cc(N(c4ccccc4)c4ccccc4)cc4c3oc3ccccc34)c2)c2ccc3c(c2)C(C)(C)CCC3(C)C)c(-c2ccccc2)c1. The Labute approximate surface area is 419 Å². The van der Waals surface area contributed by atoms with Gasteiger partial charge in [0.2, 0.25) is 0 Å². The van der Waals surface area contributed by atoms with Gasteiger partial charge in [-0.2, -0.15) is 0 Å². The Hall–Kier alpha value is -7.86. The Morgan fingerprint density at radius 3 is 1.54 bits per heavy atom. The second-order valence-electron chi connectivity index (χ2n) is 21.6. The first-order valence-electron chi connectivity index (χ1n) is 25.0. The van der Waals surface area contributed by atoms with Crippen molar-refractivity contribution in [2.45, 2.75) is 77.6 Å². The van der Waals surface area contributed by atoms with Crippen molar-refractivity contribution in [3.05, 3.63) is 229 Å². The van der Waals surface area contributed by atoms with Crippen LogP contribution in [0.5, 0.6) is 0 Å². The molecule has 0 aliphatic heterocycles. The van der Waals surface area contributed by atoms with Gasteiger partial charge in [-0.05, 0) is 142 Å². The van der Waals surface area contributed by atoms with E-state index in [0.717, 1.165) is 103 Å². The number of hydrazine groups is 1. The highest BCUT2D eigenvalue weighted by atomic mass is 16.3. The van der Waals surface area contributed by atoms with Crippen LogP contribution in [0.2, 0.25) is 0 Å². The van der Waals surface area contributed by atoms with Crippen LogP contribution < -0.4 is 20.7 Å². The van der Waals surface area contributed by atoms with Crippen LogP contribution >= 0.6 is 0 Å². The molecule has 0 amide bonds. The van der Waals surface area contributed by atoms with Gasteiger partial charge in [0.15, 0.2) is 5.58 Å². The normalized spacial score (nSPS) is 14.0. The van der Waals surface area contributed by atoms with Crippen molar-refractivity contribution in [3.8, 4) is 22.3 Å². The molecule has 5 nitrogen and oxygen atoms in total. The van der Waals surface area contributed by atoms with Gasteiger partial charge in [0.1, 0.15) is 11.3 Å². The summed E-state index contributed by atoms with van der Waals surface area (Å²) in [5.74, 6) is 7.60. The summed E-state index contributed by atoms with van der Waals surface area (Å²) in [4.78, 5) is 4.78. The van der Waals surface area contributed by atoms with Crippen molar-refractivity contribution < 1.29 is 4.42 Å². The van der Waals surface area contributed by atoms with Crippen molar-refractivity contribution in [2.24, 2.45) is 5.84 Å². The number of benzene rings is 9. The molecule has 0 spiro atoms. The van der Waals surface area contributed by atoms with E-state index in [-0.39, 0.29) is 16.2 Å². The van der Waals surface area contributed by atoms with E-state index in [0.29, 0.717) is 0 Å². The zero-order chi connectivity index (χ0) is 49.1. The van der Waals surface area contributed by atoms with Crippen LogP contribution in [-0.2, 0) is 16.2 Å². The molecule has 0 unspecified atom stereocenters. The Bertz CT molecular complexity index is 3430. The predicted molar refractivity (Wildman–Crippen MR) is 301 cm³/mol. The van der Waals surface area contributed by atoms with Crippen LogP contribution in [0.1, 0.15) is 78.0 Å². The van der Waals surface area contributed by atoms with Crippen molar-refractivity contribution in [3.63, 3.8) is 0 Å². The van der Waals surface area contributed by atoms with Crippen molar-refractivity contribution >= 4 is 67.4 Å². The van der Waals surface area contributed by atoms with Crippen molar-refractivity contribution in [2.75, 3.05) is 14.8 Å². The van der Waals surface area contributed by atoms with Gasteiger partial charge >= 0.3 is 0 Å². The van der Waals surface area contributed by atoms with Crippen LogP contribution in [0.3, 0.4) is 0 Å². The average molecular weight is 927 g/mol. The molecule has 1 heterocycles. The lowest BCUT2D eigenvalue weighted by molar-refractivity contribution is 0.332. The van der Waals surface area contributed by atoms with Gasteiger partial charge in [-0.25, -0.2) is 5.84 Å². The van der Waals surface area contributed by atoms with E-state index in [4.69, 9.17) is 10.3 Å². The topological polar surface area (TPSA) is 48.9 Å². The smallest absolute Gasteiger partial charge is 0.160 e. The van der Waals surface area contributed by atoms with E-state index < -0.39 is 0 Å². The number of anilines is 8. The number of para-hydroxylation sites is 3. The van der Waals surface area contributed by atoms with Crippen molar-refractivity contribution in [1.29, 1.82) is 0 Å². The number of nitrogens with zero attached hydrogens (tertiary/aromatic N) is 3. The number of nitrogens with two attached hydrogens (primary N) is 1. The molecule has 1 aromatic heterocycles. The third-order valence-electron chi connectivity index (χ3n) is 14.8. The van der Waals surface area contributed by atoms with E-state index in [1.54, 1.807) is 0 Å². The molecule has 11 rings (SSSR count). The predicted octanol–water partition coefficient (Wildman–Crippen LogP) is 18.5. The molecule has 1 aliphatic rings. The highest BCUT2D eigenvalue weighted by Crippen LogP contribution is 2.53. The molecular formula is C66H62N4O. The fourth-order valence-corrected chi connectivity index (χ4v) is 10.7. The summed E-state index contributed by atoms with van der Waals surface area (Å²) in [6.45, 7) is 16.5. The number of hydrogen-bond donors (Lipinski definition) is 1. The molecule has 71 heavy (non-hydrogen) atoms. The van der Waals surface area contributed by atoms with E-state index in [2.05, 4.69) is 258 Å². The van der Waals surface area contributed by atoms with Crippen molar-refractivity contribution in [1.82, 2.24) is 0 Å². The molecule has 0 saturated carbocycles. The summed E-state index contributed by atoms with van der Waals surface area (Å²) < 4.78 is 6.80. The van der Waals surface area contributed by atoms with E-state index in [1.807, 2.05) is 17.1 Å². The molecule has 5 heteroatoms. The third kappa shape index (κ3) is 8.44. The maximum absolute atomic E-state index is 7.60. The third-order valence-corrected chi connectivity index (χ3v) is 14.8. The summed E-state index contributed by atoms with van der Waals surface area (Å²) in [6, 6.07) is 76.2. The van der Waals surface area contributed by atoms with Crippen LogP contribution in [0.15, 0.2) is 217 Å². The summed E-state index contributed by atoms with van der Waals surface area (Å²) in [6.07, 6.45) is 2.25. The molecule has 352 valence electrons. The maximum atomic E-state index is 7.60. The Kier molecular flexibility index (Phi) is 11.4. The highest BCUT2D eigenvalue weighted by molar-refractivity contribution is 6.11. The molecule has 2 N–H and O–H groups in total. The van der Waals surface area contributed by atoms with Gasteiger partial charge in [0.25, 0.3) is 0 Å². The quantitative estimate of drug-likeness (QED) is 0.109. The first kappa shape index (κ1) is 45.6. The van der Waals surface area contributed by atoms with E-state index in [1.165, 1.54) is 16.7 Å². The van der Waals surface area contributed by atoms with Gasteiger partial charge in [-0.3, -0.25) is 5.01 Å². The largest absolute Gasteiger partial charge is 0.454 e. The van der Waals surface area contributed by atoms with Crippen LogP contribution in [0.4, 0.5) is 45.5 Å². The first-order chi connectivity index (χ1) is 34.2. The summed E-state index contributed by atoms with van der Waals surface area (Å²) in [5, 5.41) is 3.82. The lowest BCUT2D eigenvalue weighted by Gasteiger charge is -2.42. The number of fused-ring (bicyclic) bond motifs is 4. The Morgan fingerprint density at radius 1 is 0.437 bits per heavy atom. The molecule has 0 bridgehead atoms. The second kappa shape index (κ2) is 17.8. The molecule has 9 aromatic carbocycles. The standard InChI is InChI=1S/C66H62N4O/c1-64(2,3)47-39-55(45-23-12-8-13-24-45)62(56(40-47)46-25-14-9-15-26-46)69(51-35-36-58-59(43-51)66(6,7)38-37-65(58,4)5)50-31-22-32-52(41-50)70(67)60-44-53(42-57-54-33-20-21-34-61(54)71-63(57)60)68(48-27-16-10-17-28-48)49-29-18-11-19-30-49/h8-36,39-44H,37-38,67H2,1-7H3. The van der Waals surface area contributed by atoms with E-state index >= 15 is 0 Å². The van der Waals surface area contributed by atoms with Gasteiger partial charge in [0, 0.05) is 50.3 Å². The fraction of sp³-hybridized carbons (Fsp3) is 0.182. The minimum Gasteiger partial charge on any atom is -0.454 e. The Morgan fingerprint density at radius 2 is 0.944 bits per heavy atom. The molecule has 1 aliphatic carbocycles. The van der Waals surface area contributed by atoms with Gasteiger partial charge in [-0.1, -0.05) is 176 Å². The average Bonchev–Trinajstić information content (AvgIpc) is 3.77. The van der Waals surface area contributed by atoms with Crippen LogP contribution in [0.25, 0.3) is 44.2 Å². The summed E-state index contributed by atoms with van der Waals surface area (Å²) in [7, 11) is 0. The lowest BCUT2D eigenvalue weighted by Crippen LogP contribution is -2.34. The lowest BCUT2D eigenvalue weighted by atomic mass is 9.63. The molecular weight excluding hydrogens is 865 g/mol. The first-order valence-corrected chi connectivity index (χ1v) is 25.0.